The molecule has 68 valence electrons. The molecular formula is C11H19N. The summed E-state index contributed by atoms with van der Waals surface area (Å²) in [7, 11) is 4.23. The molecule has 0 saturated heterocycles. The summed E-state index contributed by atoms with van der Waals surface area (Å²) in [4.78, 5) is 2.24. The van der Waals surface area contributed by atoms with Gasteiger partial charge in [-0.3, -0.25) is 4.90 Å². The third-order valence-electron chi connectivity index (χ3n) is 2.25. The van der Waals surface area contributed by atoms with Gasteiger partial charge >= 0.3 is 0 Å². The Balaban J connectivity index is 2.66. The van der Waals surface area contributed by atoms with E-state index in [2.05, 4.69) is 51.6 Å². The summed E-state index contributed by atoms with van der Waals surface area (Å²) >= 11 is 0. The van der Waals surface area contributed by atoms with E-state index in [0.29, 0.717) is 0 Å². The van der Waals surface area contributed by atoms with Gasteiger partial charge in [0.25, 0.3) is 0 Å². The van der Waals surface area contributed by atoms with E-state index in [1.54, 1.807) is 0 Å². The molecule has 1 heteroatoms. The van der Waals surface area contributed by atoms with Crippen molar-refractivity contribution in [3.8, 4) is 11.8 Å². The Bertz CT molecular complexity index is 218. The maximum absolute atomic E-state index is 3.39. The fraction of sp³-hybridized carbons (Fsp3) is 0.818. The van der Waals surface area contributed by atoms with Crippen LogP contribution in [0.2, 0.25) is 0 Å². The van der Waals surface area contributed by atoms with E-state index in [0.717, 1.165) is 0 Å². The van der Waals surface area contributed by atoms with Crippen LogP contribution in [0.25, 0.3) is 0 Å². The van der Waals surface area contributed by atoms with Gasteiger partial charge < -0.3 is 0 Å². The van der Waals surface area contributed by atoms with Gasteiger partial charge in [-0.25, -0.2) is 0 Å². The third kappa shape index (κ3) is 2.25. The van der Waals surface area contributed by atoms with Gasteiger partial charge in [0.05, 0.1) is 5.54 Å². The van der Waals surface area contributed by atoms with E-state index in [-0.39, 0.29) is 11.0 Å². The minimum atomic E-state index is 0.144. The van der Waals surface area contributed by atoms with Crippen molar-refractivity contribution in [1.82, 2.24) is 4.90 Å². The minimum Gasteiger partial charge on any atom is -0.293 e. The van der Waals surface area contributed by atoms with Crippen molar-refractivity contribution in [3.63, 3.8) is 0 Å². The molecule has 0 aliphatic heterocycles. The summed E-state index contributed by atoms with van der Waals surface area (Å²) in [6, 6.07) is 0. The molecule has 1 aliphatic carbocycles. The predicted octanol–water partition coefficient (Wildman–Crippen LogP) is 2.13. The highest BCUT2D eigenvalue weighted by Gasteiger charge is 2.43. The van der Waals surface area contributed by atoms with Crippen molar-refractivity contribution < 1.29 is 0 Å². The second-order valence-electron chi connectivity index (χ2n) is 4.93. The Morgan fingerprint density at radius 3 is 1.92 bits per heavy atom. The highest BCUT2D eigenvalue weighted by atomic mass is 15.2. The van der Waals surface area contributed by atoms with E-state index in [1.165, 1.54) is 12.8 Å². The fourth-order valence-electron chi connectivity index (χ4n) is 1.11. The summed E-state index contributed by atoms with van der Waals surface area (Å²) in [5.74, 6) is 6.70. The van der Waals surface area contributed by atoms with Crippen LogP contribution in [0.5, 0.6) is 0 Å². The van der Waals surface area contributed by atoms with Crippen molar-refractivity contribution in [1.29, 1.82) is 0 Å². The second kappa shape index (κ2) is 2.78. The molecule has 0 radical (unpaired) electrons. The molecule has 0 atom stereocenters. The van der Waals surface area contributed by atoms with Crippen molar-refractivity contribution in [2.75, 3.05) is 14.1 Å². The van der Waals surface area contributed by atoms with Gasteiger partial charge in [0, 0.05) is 5.41 Å². The summed E-state index contributed by atoms with van der Waals surface area (Å²) < 4.78 is 0. The van der Waals surface area contributed by atoms with Gasteiger partial charge in [-0.2, -0.15) is 0 Å². The first-order valence-electron chi connectivity index (χ1n) is 4.58. The first kappa shape index (κ1) is 9.61. The lowest BCUT2D eigenvalue weighted by Crippen LogP contribution is -2.28. The smallest absolute Gasteiger partial charge is 0.0823 e. The lowest BCUT2D eigenvalue weighted by atomic mass is 9.97. The van der Waals surface area contributed by atoms with Gasteiger partial charge in [-0.15, -0.1) is 0 Å². The monoisotopic (exact) mass is 165 g/mol. The van der Waals surface area contributed by atoms with Crippen LogP contribution in [0.4, 0.5) is 0 Å². The van der Waals surface area contributed by atoms with Crippen LogP contribution in [0.15, 0.2) is 0 Å². The van der Waals surface area contributed by atoms with Gasteiger partial charge in [0.2, 0.25) is 0 Å². The zero-order valence-electron chi connectivity index (χ0n) is 8.86. The summed E-state index contributed by atoms with van der Waals surface area (Å²) in [5, 5.41) is 0. The van der Waals surface area contributed by atoms with Gasteiger partial charge in [0.15, 0.2) is 0 Å². The molecule has 1 saturated carbocycles. The average Bonchev–Trinajstić information content (AvgIpc) is 2.61. The molecule has 12 heavy (non-hydrogen) atoms. The Labute approximate surface area is 76.1 Å². The maximum atomic E-state index is 3.39. The van der Waals surface area contributed by atoms with Crippen LogP contribution in [0, 0.1) is 17.3 Å². The number of hydrogen-bond donors (Lipinski definition) is 0. The van der Waals surface area contributed by atoms with Crippen LogP contribution in [0.3, 0.4) is 0 Å². The number of nitrogens with zero attached hydrogens (tertiary/aromatic N) is 1. The predicted molar refractivity (Wildman–Crippen MR) is 52.9 cm³/mol. The normalized spacial score (nSPS) is 20.2. The van der Waals surface area contributed by atoms with Crippen LogP contribution >= 0.6 is 0 Å². The van der Waals surface area contributed by atoms with Gasteiger partial charge in [-0.05, 0) is 47.7 Å². The molecule has 1 rings (SSSR count). The zero-order chi connectivity index (χ0) is 9.41. The first-order chi connectivity index (χ1) is 5.36. The molecule has 0 amide bonds. The van der Waals surface area contributed by atoms with Gasteiger partial charge in [-0.1, -0.05) is 11.8 Å². The molecule has 0 aromatic carbocycles. The molecule has 1 nitrogen and oxygen atoms in total. The maximum Gasteiger partial charge on any atom is 0.0823 e. The molecule has 0 N–H and O–H groups in total. The molecule has 0 aromatic rings. The second-order valence-corrected chi connectivity index (χ2v) is 4.93. The molecule has 0 spiro atoms. The van der Waals surface area contributed by atoms with Crippen LogP contribution in [-0.2, 0) is 0 Å². The van der Waals surface area contributed by atoms with Crippen molar-refractivity contribution in [2.24, 2.45) is 5.41 Å². The van der Waals surface area contributed by atoms with Crippen LogP contribution < -0.4 is 0 Å². The van der Waals surface area contributed by atoms with Crippen LogP contribution in [0.1, 0.15) is 33.6 Å². The Morgan fingerprint density at radius 1 is 1.17 bits per heavy atom. The van der Waals surface area contributed by atoms with Crippen molar-refractivity contribution in [3.05, 3.63) is 0 Å². The summed E-state index contributed by atoms with van der Waals surface area (Å²) in [5.41, 5.74) is 0.374. The van der Waals surface area contributed by atoms with E-state index in [4.69, 9.17) is 0 Å². The standard InChI is InChI=1S/C11H19N/c1-10(2,3)6-7-11(8-9-11)12(4)5/h8-9H2,1-5H3. The molecule has 1 fully saturated rings. The van der Waals surface area contributed by atoms with Crippen LogP contribution in [-0.4, -0.2) is 24.5 Å². The van der Waals surface area contributed by atoms with E-state index in [9.17, 15) is 0 Å². The summed E-state index contributed by atoms with van der Waals surface area (Å²) in [6.45, 7) is 6.48. The minimum absolute atomic E-state index is 0.144. The molecular weight excluding hydrogens is 146 g/mol. The Morgan fingerprint density at radius 2 is 1.67 bits per heavy atom. The number of hydrogen-bond acceptors (Lipinski definition) is 1. The lowest BCUT2D eigenvalue weighted by Gasteiger charge is -2.18. The van der Waals surface area contributed by atoms with Crippen molar-refractivity contribution >= 4 is 0 Å². The Kier molecular flexibility index (Phi) is 2.23. The van der Waals surface area contributed by atoms with Crippen molar-refractivity contribution in [2.45, 2.75) is 39.2 Å². The quantitative estimate of drug-likeness (QED) is 0.538. The molecule has 0 bridgehead atoms. The Hall–Kier alpha value is -0.480. The lowest BCUT2D eigenvalue weighted by molar-refractivity contribution is 0.334. The summed E-state index contributed by atoms with van der Waals surface area (Å²) in [6.07, 6.45) is 2.48. The van der Waals surface area contributed by atoms with E-state index in [1.807, 2.05) is 0 Å². The average molecular weight is 165 g/mol. The molecule has 0 aromatic heterocycles. The number of rotatable bonds is 1. The zero-order valence-corrected chi connectivity index (χ0v) is 8.86. The highest BCUT2D eigenvalue weighted by molar-refractivity contribution is 5.28. The van der Waals surface area contributed by atoms with E-state index >= 15 is 0 Å². The molecule has 1 aliphatic rings. The largest absolute Gasteiger partial charge is 0.293 e. The fourth-order valence-corrected chi connectivity index (χ4v) is 1.11. The highest BCUT2D eigenvalue weighted by Crippen LogP contribution is 2.39. The topological polar surface area (TPSA) is 3.24 Å². The van der Waals surface area contributed by atoms with Gasteiger partial charge in [0.1, 0.15) is 0 Å². The molecule has 0 heterocycles. The SMILES string of the molecule is CN(C)C1(C#CC(C)(C)C)CC1. The third-order valence-corrected chi connectivity index (χ3v) is 2.25. The molecule has 0 unspecified atom stereocenters. The first-order valence-corrected chi connectivity index (χ1v) is 4.58. The van der Waals surface area contributed by atoms with E-state index < -0.39 is 0 Å².